The Morgan fingerprint density at radius 3 is 2.38 bits per heavy atom. The van der Waals surface area contributed by atoms with Gasteiger partial charge in [-0.2, -0.15) is 0 Å². The Morgan fingerprint density at radius 1 is 0.957 bits per heavy atom. The number of hydrogen-bond acceptors (Lipinski definition) is 6. The third kappa shape index (κ3) is 5.08. The van der Waals surface area contributed by atoms with Crippen molar-refractivity contribution in [3.63, 3.8) is 0 Å². The lowest BCUT2D eigenvalue weighted by Crippen LogP contribution is -2.66. The number of esters is 1. The van der Waals surface area contributed by atoms with Crippen LogP contribution in [0.5, 0.6) is 11.5 Å². The summed E-state index contributed by atoms with van der Waals surface area (Å²) >= 11 is 0. The summed E-state index contributed by atoms with van der Waals surface area (Å²) in [6.45, 7) is 14.1. The van der Waals surface area contributed by atoms with E-state index in [0.717, 1.165) is 44.9 Å². The molecule has 0 aromatic heterocycles. The normalized spacial score (nSPS) is 40.2. The van der Waals surface area contributed by atoms with Crippen molar-refractivity contribution in [2.75, 3.05) is 13.7 Å². The summed E-state index contributed by atoms with van der Waals surface area (Å²) < 4.78 is 11.5. The van der Waals surface area contributed by atoms with E-state index in [2.05, 4.69) is 47.6 Å². The van der Waals surface area contributed by atoms with Gasteiger partial charge in [0.05, 0.1) is 18.6 Å². The van der Waals surface area contributed by atoms with Gasteiger partial charge in [0.2, 0.25) is 0 Å². The molecule has 0 heterocycles. The number of hydrogen-bond donors (Lipinski definition) is 3. The van der Waals surface area contributed by atoms with Crippen molar-refractivity contribution in [1.82, 2.24) is 0 Å². The van der Waals surface area contributed by atoms with Crippen molar-refractivity contribution < 1.29 is 34.4 Å². The Bertz CT molecular complexity index is 1490. The molecule has 3 N–H and O–H groups in total. The summed E-state index contributed by atoms with van der Waals surface area (Å²) in [7, 11) is 1.49. The van der Waals surface area contributed by atoms with Crippen molar-refractivity contribution in [3.05, 3.63) is 41.5 Å². The molecular formula is C40H56O7. The highest BCUT2D eigenvalue weighted by molar-refractivity contribution is 5.87. The first-order valence-corrected chi connectivity index (χ1v) is 17.8. The fraction of sp³-hybridized carbons (Fsp3) is 0.700. The van der Waals surface area contributed by atoms with E-state index in [1.54, 1.807) is 18.2 Å². The summed E-state index contributed by atoms with van der Waals surface area (Å²) in [5.41, 5.74) is 0.360. The summed E-state index contributed by atoms with van der Waals surface area (Å²) in [6.07, 6.45) is 13.5. The van der Waals surface area contributed by atoms with Gasteiger partial charge in [-0.25, -0.2) is 4.79 Å². The zero-order valence-corrected chi connectivity index (χ0v) is 29.5. The summed E-state index contributed by atoms with van der Waals surface area (Å²) in [6, 6.07) is 4.92. The Hall–Kier alpha value is -2.80. The number of aliphatic carboxylic acids is 1. The lowest BCUT2D eigenvalue weighted by molar-refractivity contribution is -0.217. The van der Waals surface area contributed by atoms with E-state index in [0.29, 0.717) is 42.4 Å². The monoisotopic (exact) mass is 648 g/mol. The molecule has 5 aliphatic carbocycles. The predicted octanol–water partition coefficient (Wildman–Crippen LogP) is 8.18. The highest BCUT2D eigenvalue weighted by Crippen LogP contribution is 2.76. The van der Waals surface area contributed by atoms with Crippen molar-refractivity contribution in [1.29, 1.82) is 0 Å². The van der Waals surface area contributed by atoms with Gasteiger partial charge in [-0.15, -0.1) is 0 Å². The van der Waals surface area contributed by atoms with Crippen LogP contribution in [0.15, 0.2) is 35.9 Å². The van der Waals surface area contributed by atoms with E-state index in [9.17, 15) is 24.9 Å². The van der Waals surface area contributed by atoms with Crippen LogP contribution in [-0.4, -0.2) is 47.1 Å². The van der Waals surface area contributed by atoms with Crippen LogP contribution in [0, 0.1) is 50.2 Å². The summed E-state index contributed by atoms with van der Waals surface area (Å²) in [4.78, 5) is 26.6. The first-order chi connectivity index (χ1) is 22.0. The number of ether oxygens (including phenoxy) is 2. The number of rotatable bonds is 6. The van der Waals surface area contributed by atoms with Gasteiger partial charge < -0.3 is 24.8 Å². The van der Waals surface area contributed by atoms with Gasteiger partial charge in [-0.1, -0.05) is 59.3 Å². The Kier molecular flexibility index (Phi) is 8.26. The second kappa shape index (κ2) is 11.4. The first kappa shape index (κ1) is 34.1. The molecule has 0 amide bonds. The fourth-order valence-corrected chi connectivity index (χ4v) is 11.9. The third-order valence-corrected chi connectivity index (χ3v) is 14.8. The van der Waals surface area contributed by atoms with Gasteiger partial charge in [-0.3, -0.25) is 4.79 Å². The number of aliphatic hydroxyl groups is 1. The minimum atomic E-state index is -0.784. The SMILES string of the molecule is COc1cc(/C=C\C(=O)OC[C@@]23CC[C@@]4(C(=O)O)CCC(C)(C)C[C@H]4C2=CCC2[C@@]4(C)CC[C@H](O)C(C)(C)C4CC[C@]23C)ccc1O. The van der Waals surface area contributed by atoms with Crippen LogP contribution in [0.1, 0.15) is 111 Å². The van der Waals surface area contributed by atoms with E-state index in [1.165, 1.54) is 24.8 Å². The second-order valence-corrected chi connectivity index (χ2v) is 17.7. The zero-order chi connectivity index (χ0) is 34.2. The van der Waals surface area contributed by atoms with E-state index >= 15 is 0 Å². The van der Waals surface area contributed by atoms with Crippen molar-refractivity contribution in [2.24, 2.45) is 50.2 Å². The van der Waals surface area contributed by atoms with Gasteiger partial charge in [0.15, 0.2) is 11.5 Å². The van der Waals surface area contributed by atoms with Crippen LogP contribution >= 0.6 is 0 Å². The number of carboxylic acid groups (broad SMARTS) is 1. The van der Waals surface area contributed by atoms with Gasteiger partial charge in [0.25, 0.3) is 0 Å². The van der Waals surface area contributed by atoms with E-state index in [-0.39, 0.29) is 46.0 Å². The lowest BCUT2D eigenvalue weighted by Gasteiger charge is -2.71. The number of aliphatic hydroxyl groups excluding tert-OH is 1. The number of allylic oxidation sites excluding steroid dienone is 1. The molecule has 0 spiro atoms. The molecule has 4 fully saturated rings. The largest absolute Gasteiger partial charge is 0.504 e. The summed E-state index contributed by atoms with van der Waals surface area (Å²) in [5, 5.41) is 31.9. The van der Waals surface area contributed by atoms with Gasteiger partial charge >= 0.3 is 11.9 Å². The van der Waals surface area contributed by atoms with E-state index < -0.39 is 22.8 Å². The smallest absolute Gasteiger partial charge is 0.330 e. The van der Waals surface area contributed by atoms with Crippen molar-refractivity contribution in [3.8, 4) is 11.5 Å². The molecule has 1 aromatic carbocycles. The maximum absolute atomic E-state index is 13.5. The first-order valence-electron chi connectivity index (χ1n) is 17.8. The number of carbonyl (C=O) groups is 2. The van der Waals surface area contributed by atoms with Crippen LogP contribution in [0.4, 0.5) is 0 Å². The standard InChI is InChI=1S/C40H56O7/c1-35(2)18-19-39(34(44)45)20-21-40(24-47-33(43)13-9-25-8-11-28(41)29(22-25)46-7)26(27(39)23-35)10-12-31-37(5)16-15-32(42)36(3,4)30(37)14-17-38(31,40)6/h8-11,13,22,27,30-32,41-42H,12,14-21,23-24H2,1-7H3,(H,44,45)/b13-9-/t27-,30?,31?,32-,37-,38+,39-,40-/m0/s1. The van der Waals surface area contributed by atoms with Crippen LogP contribution in [0.2, 0.25) is 0 Å². The molecule has 6 rings (SSSR count). The van der Waals surface area contributed by atoms with Crippen LogP contribution < -0.4 is 4.74 Å². The topological polar surface area (TPSA) is 113 Å². The number of methoxy groups -OCH3 is 1. The highest BCUT2D eigenvalue weighted by Gasteiger charge is 2.70. The lowest BCUT2D eigenvalue weighted by atomic mass is 9.33. The van der Waals surface area contributed by atoms with Crippen molar-refractivity contribution in [2.45, 2.75) is 112 Å². The minimum Gasteiger partial charge on any atom is -0.504 e. The molecular weight excluding hydrogens is 592 g/mol. The third-order valence-electron chi connectivity index (χ3n) is 14.8. The molecule has 2 unspecified atom stereocenters. The molecule has 0 radical (unpaired) electrons. The maximum Gasteiger partial charge on any atom is 0.330 e. The molecule has 8 atom stereocenters. The molecule has 5 aliphatic rings. The fourth-order valence-electron chi connectivity index (χ4n) is 11.9. The quantitative estimate of drug-likeness (QED) is 0.162. The molecule has 4 saturated carbocycles. The zero-order valence-electron chi connectivity index (χ0n) is 29.5. The number of phenolic OH excluding ortho intramolecular Hbond substituents is 1. The predicted molar refractivity (Wildman–Crippen MR) is 182 cm³/mol. The molecule has 1 aromatic rings. The Morgan fingerprint density at radius 2 is 1.68 bits per heavy atom. The van der Waals surface area contributed by atoms with Crippen LogP contribution in [-0.2, 0) is 14.3 Å². The summed E-state index contributed by atoms with van der Waals surface area (Å²) in [5.74, 6) is -0.129. The molecule has 47 heavy (non-hydrogen) atoms. The number of carboxylic acids is 1. The molecule has 0 aliphatic heterocycles. The molecule has 7 nitrogen and oxygen atoms in total. The van der Waals surface area contributed by atoms with E-state index in [4.69, 9.17) is 9.47 Å². The number of aromatic hydroxyl groups is 1. The highest BCUT2D eigenvalue weighted by atomic mass is 16.5. The van der Waals surface area contributed by atoms with Gasteiger partial charge in [0, 0.05) is 11.5 Å². The molecule has 0 bridgehead atoms. The Labute approximate surface area is 280 Å². The number of benzene rings is 1. The average Bonchev–Trinajstić information content (AvgIpc) is 3.01. The second-order valence-electron chi connectivity index (χ2n) is 17.7. The van der Waals surface area contributed by atoms with Crippen LogP contribution in [0.3, 0.4) is 0 Å². The van der Waals surface area contributed by atoms with Gasteiger partial charge in [0.1, 0.15) is 6.61 Å². The average molecular weight is 649 g/mol. The van der Waals surface area contributed by atoms with Gasteiger partial charge in [-0.05, 0) is 127 Å². The van der Waals surface area contributed by atoms with E-state index in [1.807, 2.05) is 0 Å². The maximum atomic E-state index is 13.5. The number of carbonyl (C=O) groups excluding carboxylic acids is 1. The molecule has 7 heteroatoms. The molecule has 0 saturated heterocycles. The number of fused-ring (bicyclic) bond motifs is 7. The number of phenols is 1. The molecule has 258 valence electrons. The van der Waals surface area contributed by atoms with Crippen LogP contribution in [0.25, 0.3) is 6.08 Å². The Balaban J connectivity index is 1.40. The van der Waals surface area contributed by atoms with Crippen molar-refractivity contribution >= 4 is 18.0 Å². The minimum absolute atomic E-state index is 0.0137.